The van der Waals surface area contributed by atoms with Gasteiger partial charge in [-0.3, -0.25) is 4.79 Å². The molecule has 4 aliphatic rings. The Hall–Kier alpha value is -0.570. The summed E-state index contributed by atoms with van der Waals surface area (Å²) in [6.07, 6.45) is 9.93. The van der Waals surface area contributed by atoms with Crippen LogP contribution in [0.5, 0.6) is 0 Å². The SMILES string of the molecule is CC(CN)C1CCC2C3CCC4NC(=O)CCC4(C)C3CCC12C. The van der Waals surface area contributed by atoms with E-state index in [1.54, 1.807) is 0 Å². The first-order chi connectivity index (χ1) is 11.4. The molecule has 0 radical (unpaired) electrons. The van der Waals surface area contributed by atoms with Crippen LogP contribution in [0.2, 0.25) is 0 Å². The van der Waals surface area contributed by atoms with Crippen molar-refractivity contribution in [1.29, 1.82) is 0 Å². The van der Waals surface area contributed by atoms with Crippen LogP contribution < -0.4 is 11.1 Å². The van der Waals surface area contributed by atoms with Crippen LogP contribution >= 0.6 is 0 Å². The molecule has 8 unspecified atom stereocenters. The first-order valence-corrected chi connectivity index (χ1v) is 10.4. The number of hydrogen-bond acceptors (Lipinski definition) is 2. The van der Waals surface area contributed by atoms with Gasteiger partial charge >= 0.3 is 0 Å². The van der Waals surface area contributed by atoms with Gasteiger partial charge in [-0.2, -0.15) is 0 Å². The number of nitrogens with one attached hydrogen (secondary N) is 1. The zero-order valence-electron chi connectivity index (χ0n) is 15.8. The minimum absolute atomic E-state index is 0.286. The summed E-state index contributed by atoms with van der Waals surface area (Å²) in [5, 5.41) is 3.34. The van der Waals surface area contributed by atoms with E-state index in [2.05, 4.69) is 26.1 Å². The number of nitrogens with two attached hydrogens (primary N) is 1. The summed E-state index contributed by atoms with van der Waals surface area (Å²) in [7, 11) is 0. The van der Waals surface area contributed by atoms with Crippen molar-refractivity contribution in [1.82, 2.24) is 5.32 Å². The second kappa shape index (κ2) is 5.72. The molecule has 136 valence electrons. The standard InChI is InChI=1S/C21H36N2O/c1-13(12-22)15-5-6-16-14-4-7-18-21(3,11-9-19(24)23-18)17(14)8-10-20(15,16)2/h13-18H,4-12,22H2,1-3H3,(H,23,24). The zero-order valence-corrected chi connectivity index (χ0v) is 15.8. The highest BCUT2D eigenvalue weighted by atomic mass is 16.1. The fourth-order valence-electron chi connectivity index (χ4n) is 7.84. The van der Waals surface area contributed by atoms with Gasteiger partial charge in [0.1, 0.15) is 0 Å². The van der Waals surface area contributed by atoms with E-state index in [9.17, 15) is 4.79 Å². The number of hydrogen-bond donors (Lipinski definition) is 2. The number of amides is 1. The van der Waals surface area contributed by atoms with Crippen molar-refractivity contribution in [2.45, 2.75) is 78.2 Å². The van der Waals surface area contributed by atoms with Gasteiger partial charge in [-0.1, -0.05) is 20.8 Å². The van der Waals surface area contributed by atoms with Crippen molar-refractivity contribution >= 4 is 5.91 Å². The Morgan fingerprint density at radius 3 is 2.58 bits per heavy atom. The molecule has 1 heterocycles. The van der Waals surface area contributed by atoms with Crippen LogP contribution in [0.1, 0.15) is 72.1 Å². The van der Waals surface area contributed by atoms with E-state index in [0.29, 0.717) is 22.8 Å². The third kappa shape index (κ3) is 2.22. The first kappa shape index (κ1) is 16.9. The van der Waals surface area contributed by atoms with Gasteiger partial charge in [0, 0.05) is 12.5 Å². The molecular weight excluding hydrogens is 296 g/mol. The van der Waals surface area contributed by atoms with Crippen molar-refractivity contribution < 1.29 is 4.79 Å². The van der Waals surface area contributed by atoms with Crippen LogP contribution in [-0.2, 0) is 4.79 Å². The smallest absolute Gasteiger partial charge is 0.220 e. The van der Waals surface area contributed by atoms with E-state index >= 15 is 0 Å². The van der Waals surface area contributed by atoms with E-state index in [0.717, 1.165) is 43.1 Å². The average Bonchev–Trinajstić information content (AvgIpc) is 2.92. The minimum atomic E-state index is 0.286. The maximum Gasteiger partial charge on any atom is 0.220 e. The quantitative estimate of drug-likeness (QED) is 0.810. The van der Waals surface area contributed by atoms with Gasteiger partial charge in [-0.25, -0.2) is 0 Å². The molecule has 0 spiro atoms. The van der Waals surface area contributed by atoms with E-state index in [-0.39, 0.29) is 5.91 Å². The first-order valence-electron chi connectivity index (χ1n) is 10.4. The summed E-state index contributed by atoms with van der Waals surface area (Å²) in [6, 6.07) is 0.435. The summed E-state index contributed by atoms with van der Waals surface area (Å²) in [4.78, 5) is 11.9. The van der Waals surface area contributed by atoms with Crippen LogP contribution in [0, 0.1) is 40.4 Å². The van der Waals surface area contributed by atoms with Crippen molar-refractivity contribution in [3.8, 4) is 0 Å². The summed E-state index contributed by atoms with van der Waals surface area (Å²) in [6.45, 7) is 8.30. The van der Waals surface area contributed by atoms with Crippen molar-refractivity contribution in [2.24, 2.45) is 46.2 Å². The van der Waals surface area contributed by atoms with Gasteiger partial charge in [0.15, 0.2) is 0 Å². The maximum absolute atomic E-state index is 11.9. The summed E-state index contributed by atoms with van der Waals surface area (Å²) in [5.41, 5.74) is 6.90. The molecule has 0 aromatic heterocycles. The third-order valence-electron chi connectivity index (χ3n) is 9.23. The Bertz CT molecular complexity index is 520. The van der Waals surface area contributed by atoms with Crippen LogP contribution in [-0.4, -0.2) is 18.5 Å². The number of piperidine rings is 1. The Labute approximate surface area is 147 Å². The van der Waals surface area contributed by atoms with Gasteiger partial charge < -0.3 is 11.1 Å². The molecule has 24 heavy (non-hydrogen) atoms. The van der Waals surface area contributed by atoms with Gasteiger partial charge in [-0.05, 0) is 91.9 Å². The molecule has 4 rings (SSSR count). The monoisotopic (exact) mass is 332 g/mol. The maximum atomic E-state index is 11.9. The highest BCUT2D eigenvalue weighted by Gasteiger charge is 2.60. The number of rotatable bonds is 2. The summed E-state index contributed by atoms with van der Waals surface area (Å²) >= 11 is 0. The summed E-state index contributed by atoms with van der Waals surface area (Å²) in [5.74, 6) is 4.37. The molecule has 4 fully saturated rings. The van der Waals surface area contributed by atoms with E-state index < -0.39 is 0 Å². The lowest BCUT2D eigenvalue weighted by molar-refractivity contribution is -0.137. The number of carbonyl (C=O) groups excluding carboxylic acids is 1. The topological polar surface area (TPSA) is 55.1 Å². The van der Waals surface area contributed by atoms with Gasteiger partial charge in [0.2, 0.25) is 5.91 Å². The Balaban J connectivity index is 1.60. The fourth-order valence-corrected chi connectivity index (χ4v) is 7.84. The Kier molecular flexibility index (Phi) is 4.02. The van der Waals surface area contributed by atoms with E-state index in [1.807, 2.05) is 0 Å². The fraction of sp³-hybridized carbons (Fsp3) is 0.952. The molecule has 0 aromatic carbocycles. The molecule has 3 nitrogen and oxygen atoms in total. The molecule has 0 aromatic rings. The molecule has 1 aliphatic heterocycles. The van der Waals surface area contributed by atoms with Crippen LogP contribution in [0.4, 0.5) is 0 Å². The van der Waals surface area contributed by atoms with Gasteiger partial charge in [-0.15, -0.1) is 0 Å². The molecule has 1 amide bonds. The van der Waals surface area contributed by atoms with E-state index in [1.165, 1.54) is 38.5 Å². The highest BCUT2D eigenvalue weighted by Crippen LogP contribution is 2.66. The third-order valence-corrected chi connectivity index (χ3v) is 9.23. The Morgan fingerprint density at radius 2 is 1.83 bits per heavy atom. The second-order valence-electron chi connectivity index (χ2n) is 10.0. The molecule has 3 saturated carbocycles. The Morgan fingerprint density at radius 1 is 1.08 bits per heavy atom. The lowest BCUT2D eigenvalue weighted by atomic mass is 9.46. The predicted molar refractivity (Wildman–Crippen MR) is 97.3 cm³/mol. The van der Waals surface area contributed by atoms with Crippen molar-refractivity contribution in [3.05, 3.63) is 0 Å². The molecular formula is C21H36N2O. The molecule has 3 N–H and O–H groups in total. The largest absolute Gasteiger partial charge is 0.353 e. The lowest BCUT2D eigenvalue weighted by Gasteiger charge is -2.60. The average molecular weight is 333 g/mol. The van der Waals surface area contributed by atoms with E-state index in [4.69, 9.17) is 5.73 Å². The van der Waals surface area contributed by atoms with Crippen LogP contribution in [0.3, 0.4) is 0 Å². The van der Waals surface area contributed by atoms with Gasteiger partial charge in [0.05, 0.1) is 0 Å². The van der Waals surface area contributed by atoms with Gasteiger partial charge in [0.25, 0.3) is 0 Å². The molecule has 3 aliphatic carbocycles. The highest BCUT2D eigenvalue weighted by molar-refractivity contribution is 5.77. The van der Waals surface area contributed by atoms with Crippen molar-refractivity contribution in [3.63, 3.8) is 0 Å². The lowest BCUT2D eigenvalue weighted by Crippen LogP contribution is -2.61. The molecule has 8 atom stereocenters. The summed E-state index contributed by atoms with van der Waals surface area (Å²) < 4.78 is 0. The predicted octanol–water partition coefficient (Wildman–Crippen LogP) is 3.72. The van der Waals surface area contributed by atoms with Crippen LogP contribution in [0.25, 0.3) is 0 Å². The molecule has 1 saturated heterocycles. The molecule has 0 bridgehead atoms. The second-order valence-corrected chi connectivity index (χ2v) is 10.0. The normalized spacial score (nSPS) is 52.0. The zero-order chi connectivity index (χ0) is 17.1. The number of fused-ring (bicyclic) bond motifs is 5. The van der Waals surface area contributed by atoms with Crippen molar-refractivity contribution in [2.75, 3.05) is 6.54 Å². The minimum Gasteiger partial charge on any atom is -0.353 e. The number of carbonyl (C=O) groups is 1. The molecule has 3 heteroatoms. The van der Waals surface area contributed by atoms with Crippen LogP contribution in [0.15, 0.2) is 0 Å².